The molecule has 0 N–H and O–H groups in total. The van der Waals surface area contributed by atoms with Crippen LogP contribution in [0.25, 0.3) is 0 Å². The maximum absolute atomic E-state index is 12.8. The van der Waals surface area contributed by atoms with Gasteiger partial charge in [0.25, 0.3) is 0 Å². The Morgan fingerprint density at radius 2 is 1.48 bits per heavy atom. The number of rotatable bonds is 9. The predicted molar refractivity (Wildman–Crippen MR) is 117 cm³/mol. The minimum absolute atomic E-state index is 0.0630. The summed E-state index contributed by atoms with van der Waals surface area (Å²) in [6.45, 7) is 5.45. The van der Waals surface area contributed by atoms with E-state index < -0.39 is 42.0 Å². The van der Waals surface area contributed by atoms with Crippen LogP contribution in [-0.4, -0.2) is 55.2 Å². The molecule has 0 unspecified atom stereocenters. The van der Waals surface area contributed by atoms with Crippen molar-refractivity contribution in [3.8, 4) is 0 Å². The van der Waals surface area contributed by atoms with Crippen molar-refractivity contribution in [3.63, 3.8) is 0 Å². The predicted octanol–water partition coefficient (Wildman–Crippen LogP) is 3.54. The van der Waals surface area contributed by atoms with Crippen LogP contribution in [-0.2, 0) is 28.5 Å². The molecule has 0 aromatic heterocycles. The zero-order chi connectivity index (χ0) is 23.8. The van der Waals surface area contributed by atoms with Crippen molar-refractivity contribution in [3.05, 3.63) is 71.8 Å². The molecule has 1 fully saturated rings. The molecular formula is C25H28O8. The van der Waals surface area contributed by atoms with Gasteiger partial charge in [-0.3, -0.25) is 0 Å². The van der Waals surface area contributed by atoms with Gasteiger partial charge in [0.05, 0.1) is 30.4 Å². The number of hydrogen-bond acceptors (Lipinski definition) is 8. The molecule has 33 heavy (non-hydrogen) atoms. The summed E-state index contributed by atoms with van der Waals surface area (Å²) >= 11 is 0. The van der Waals surface area contributed by atoms with E-state index in [4.69, 9.17) is 23.7 Å². The van der Waals surface area contributed by atoms with Gasteiger partial charge in [-0.15, -0.1) is 0 Å². The van der Waals surface area contributed by atoms with Gasteiger partial charge in [-0.2, -0.15) is 0 Å². The standard InChI is InChI=1S/C25H28O8/c1-4-29-24(28)21(32-23(27)18-13-9-6-10-14-18)20(15-19-16-30-25(2,3)33-19)31-22(26)17-11-7-5-8-12-17/h5-14,19-21H,4,15-16H2,1-3H3/t19-,20+,21-/m0/s1. The lowest BCUT2D eigenvalue weighted by Gasteiger charge is -2.27. The second kappa shape index (κ2) is 11.1. The summed E-state index contributed by atoms with van der Waals surface area (Å²) in [6.07, 6.45) is -3.07. The molecule has 0 aliphatic carbocycles. The molecule has 176 valence electrons. The van der Waals surface area contributed by atoms with Gasteiger partial charge in [-0.05, 0) is 45.0 Å². The van der Waals surface area contributed by atoms with Crippen LogP contribution in [0.5, 0.6) is 0 Å². The van der Waals surface area contributed by atoms with Crippen LogP contribution in [0, 0.1) is 0 Å². The van der Waals surface area contributed by atoms with Crippen molar-refractivity contribution in [2.45, 2.75) is 51.3 Å². The third-order valence-corrected chi connectivity index (χ3v) is 4.93. The fraction of sp³-hybridized carbons (Fsp3) is 0.400. The average Bonchev–Trinajstić information content (AvgIpc) is 3.16. The highest BCUT2D eigenvalue weighted by Gasteiger charge is 2.42. The van der Waals surface area contributed by atoms with Crippen LogP contribution >= 0.6 is 0 Å². The van der Waals surface area contributed by atoms with Crippen molar-refractivity contribution in [2.24, 2.45) is 0 Å². The first-order valence-electron chi connectivity index (χ1n) is 10.8. The van der Waals surface area contributed by atoms with Crippen LogP contribution in [0.3, 0.4) is 0 Å². The number of carbonyl (C=O) groups excluding carboxylic acids is 3. The molecule has 1 aliphatic rings. The fourth-order valence-electron chi connectivity index (χ4n) is 3.41. The molecule has 1 aliphatic heterocycles. The lowest BCUT2D eigenvalue weighted by Crippen LogP contribution is -2.44. The van der Waals surface area contributed by atoms with Gasteiger partial charge in [-0.1, -0.05) is 36.4 Å². The highest BCUT2D eigenvalue weighted by Crippen LogP contribution is 2.27. The molecule has 2 aromatic carbocycles. The van der Waals surface area contributed by atoms with Gasteiger partial charge < -0.3 is 23.7 Å². The molecule has 0 spiro atoms. The van der Waals surface area contributed by atoms with Crippen LogP contribution in [0.2, 0.25) is 0 Å². The van der Waals surface area contributed by atoms with E-state index in [0.717, 1.165) is 0 Å². The third kappa shape index (κ3) is 6.87. The summed E-state index contributed by atoms with van der Waals surface area (Å²) in [5.41, 5.74) is 0.546. The van der Waals surface area contributed by atoms with Crippen molar-refractivity contribution < 1.29 is 38.1 Å². The van der Waals surface area contributed by atoms with E-state index in [1.165, 1.54) is 0 Å². The Balaban J connectivity index is 1.86. The normalized spacial score (nSPS) is 18.7. The molecule has 3 atom stereocenters. The third-order valence-electron chi connectivity index (χ3n) is 4.93. The Labute approximate surface area is 192 Å². The summed E-state index contributed by atoms with van der Waals surface area (Å²) in [7, 11) is 0. The summed E-state index contributed by atoms with van der Waals surface area (Å²) in [4.78, 5) is 38.4. The number of carbonyl (C=O) groups is 3. The number of esters is 3. The van der Waals surface area contributed by atoms with Crippen molar-refractivity contribution in [1.29, 1.82) is 0 Å². The Morgan fingerprint density at radius 3 is 1.97 bits per heavy atom. The molecule has 0 radical (unpaired) electrons. The first-order chi connectivity index (χ1) is 15.8. The van der Waals surface area contributed by atoms with Crippen LogP contribution in [0.1, 0.15) is 47.9 Å². The lowest BCUT2D eigenvalue weighted by molar-refractivity contribution is -0.163. The number of hydrogen-bond donors (Lipinski definition) is 0. The van der Waals surface area contributed by atoms with Crippen LogP contribution < -0.4 is 0 Å². The van der Waals surface area contributed by atoms with Gasteiger partial charge in [0.1, 0.15) is 0 Å². The van der Waals surface area contributed by atoms with Gasteiger partial charge in [0.15, 0.2) is 11.9 Å². The lowest BCUT2D eigenvalue weighted by atomic mass is 10.1. The minimum atomic E-state index is -1.49. The summed E-state index contributed by atoms with van der Waals surface area (Å²) in [6, 6.07) is 16.6. The van der Waals surface area contributed by atoms with E-state index in [1.807, 2.05) is 0 Å². The molecular weight excluding hydrogens is 428 g/mol. The maximum atomic E-state index is 12.8. The Hall–Kier alpha value is -3.23. The zero-order valence-electron chi connectivity index (χ0n) is 18.9. The Morgan fingerprint density at radius 1 is 0.939 bits per heavy atom. The van der Waals surface area contributed by atoms with Crippen LogP contribution in [0.15, 0.2) is 60.7 Å². The number of benzene rings is 2. The second-order valence-corrected chi connectivity index (χ2v) is 7.94. The maximum Gasteiger partial charge on any atom is 0.351 e. The highest BCUT2D eigenvalue weighted by atomic mass is 16.7. The van der Waals surface area contributed by atoms with Crippen molar-refractivity contribution >= 4 is 17.9 Å². The largest absolute Gasteiger partial charge is 0.463 e. The summed E-state index contributed by atoms with van der Waals surface area (Å²) < 4.78 is 27.8. The highest BCUT2D eigenvalue weighted by molar-refractivity contribution is 5.92. The quantitative estimate of drug-likeness (QED) is 0.418. The van der Waals surface area contributed by atoms with E-state index in [1.54, 1.807) is 81.4 Å². The van der Waals surface area contributed by atoms with E-state index in [2.05, 4.69) is 0 Å². The molecule has 3 rings (SSSR count). The zero-order valence-corrected chi connectivity index (χ0v) is 18.9. The summed E-state index contributed by atoms with van der Waals surface area (Å²) in [5.74, 6) is -3.04. The van der Waals surface area contributed by atoms with Gasteiger partial charge in [0.2, 0.25) is 6.10 Å². The van der Waals surface area contributed by atoms with Gasteiger partial charge in [-0.25, -0.2) is 14.4 Å². The Bertz CT molecular complexity index is 941. The SMILES string of the molecule is CCOC(=O)[C@@H](OC(=O)c1ccccc1)[C@@H](C[C@H]1COC(C)(C)O1)OC(=O)c1ccccc1. The van der Waals surface area contributed by atoms with Gasteiger partial charge in [0, 0.05) is 6.42 Å². The van der Waals surface area contributed by atoms with Crippen molar-refractivity contribution in [1.82, 2.24) is 0 Å². The molecule has 0 bridgehead atoms. The second-order valence-electron chi connectivity index (χ2n) is 7.94. The molecule has 8 nitrogen and oxygen atoms in total. The smallest absolute Gasteiger partial charge is 0.351 e. The summed E-state index contributed by atoms with van der Waals surface area (Å²) in [5, 5.41) is 0. The first kappa shape index (κ1) is 24.4. The molecule has 1 saturated heterocycles. The fourth-order valence-corrected chi connectivity index (χ4v) is 3.41. The topological polar surface area (TPSA) is 97.4 Å². The van der Waals surface area contributed by atoms with E-state index in [0.29, 0.717) is 5.56 Å². The van der Waals surface area contributed by atoms with Gasteiger partial charge >= 0.3 is 17.9 Å². The molecule has 2 aromatic rings. The molecule has 0 amide bonds. The van der Waals surface area contributed by atoms with E-state index >= 15 is 0 Å². The average molecular weight is 456 g/mol. The Kier molecular flexibility index (Phi) is 8.19. The van der Waals surface area contributed by atoms with E-state index in [-0.39, 0.29) is 25.2 Å². The van der Waals surface area contributed by atoms with Crippen molar-refractivity contribution in [2.75, 3.05) is 13.2 Å². The first-order valence-corrected chi connectivity index (χ1v) is 10.8. The van der Waals surface area contributed by atoms with E-state index in [9.17, 15) is 14.4 Å². The molecule has 1 heterocycles. The number of ether oxygens (including phenoxy) is 5. The molecule has 0 saturated carbocycles. The molecule has 8 heteroatoms. The minimum Gasteiger partial charge on any atom is -0.463 e. The monoisotopic (exact) mass is 456 g/mol. The van der Waals surface area contributed by atoms with Crippen LogP contribution in [0.4, 0.5) is 0 Å².